The fraction of sp³-hybridized carbons (Fsp3) is 0.133. The van der Waals surface area contributed by atoms with E-state index >= 15 is 0 Å². The van der Waals surface area contributed by atoms with Crippen LogP contribution >= 0.6 is 11.6 Å². The number of rotatable bonds is 3. The van der Waals surface area contributed by atoms with Crippen LogP contribution in [0.5, 0.6) is 0 Å². The number of carbonyl (C=O) groups is 1. The summed E-state index contributed by atoms with van der Waals surface area (Å²) in [5, 5.41) is 11.9. The summed E-state index contributed by atoms with van der Waals surface area (Å²) in [7, 11) is 0. The highest BCUT2D eigenvalue weighted by Crippen LogP contribution is 2.15. The van der Waals surface area contributed by atoms with E-state index in [9.17, 15) is 4.79 Å². The first-order chi connectivity index (χ1) is 9.62. The minimum Gasteiger partial charge on any atom is -0.322 e. The molecule has 5 heteroatoms. The Bertz CT molecular complexity index is 692. The lowest BCUT2D eigenvalue weighted by atomic mass is 10.1. The topological polar surface area (TPSA) is 65.8 Å². The van der Waals surface area contributed by atoms with Crippen LogP contribution in [0.15, 0.2) is 36.4 Å². The van der Waals surface area contributed by atoms with Crippen LogP contribution in [0.4, 0.5) is 5.69 Å². The summed E-state index contributed by atoms with van der Waals surface area (Å²) in [4.78, 5) is 16.3. The maximum absolute atomic E-state index is 12.2. The Kier molecular flexibility index (Phi) is 4.34. The molecule has 0 fully saturated rings. The van der Waals surface area contributed by atoms with Crippen LogP contribution in [0, 0.1) is 11.3 Å². The van der Waals surface area contributed by atoms with E-state index in [1.54, 1.807) is 30.3 Å². The zero-order valence-corrected chi connectivity index (χ0v) is 11.6. The van der Waals surface area contributed by atoms with Gasteiger partial charge in [-0.1, -0.05) is 24.6 Å². The van der Waals surface area contributed by atoms with Crippen molar-refractivity contribution in [2.45, 2.75) is 13.3 Å². The standard InChI is InChI=1S/C15H12ClN3O/c1-2-12-7-11(8-14(16)18-12)15(20)19-13-5-3-4-10(6-13)9-17/h3-8H,2H2,1H3,(H,19,20). The molecule has 0 aliphatic heterocycles. The van der Waals surface area contributed by atoms with Gasteiger partial charge in [0.05, 0.1) is 11.6 Å². The highest BCUT2D eigenvalue weighted by Gasteiger charge is 2.09. The van der Waals surface area contributed by atoms with Crippen molar-refractivity contribution in [2.75, 3.05) is 5.32 Å². The maximum Gasteiger partial charge on any atom is 0.255 e. The fourth-order valence-corrected chi connectivity index (χ4v) is 1.96. The molecule has 2 aromatic rings. The molecule has 1 aromatic carbocycles. The second kappa shape index (κ2) is 6.18. The minimum absolute atomic E-state index is 0.279. The van der Waals surface area contributed by atoms with Gasteiger partial charge >= 0.3 is 0 Å². The van der Waals surface area contributed by atoms with Gasteiger partial charge in [-0.15, -0.1) is 0 Å². The van der Waals surface area contributed by atoms with E-state index in [-0.39, 0.29) is 5.91 Å². The highest BCUT2D eigenvalue weighted by molar-refractivity contribution is 6.29. The summed E-state index contributed by atoms with van der Waals surface area (Å²) in [6.45, 7) is 1.94. The summed E-state index contributed by atoms with van der Waals surface area (Å²) in [6.07, 6.45) is 0.699. The van der Waals surface area contributed by atoms with E-state index in [2.05, 4.69) is 10.3 Å². The van der Waals surface area contributed by atoms with Crippen LogP contribution in [0.1, 0.15) is 28.5 Å². The van der Waals surface area contributed by atoms with Crippen LogP contribution in [-0.2, 0) is 6.42 Å². The zero-order valence-electron chi connectivity index (χ0n) is 10.9. The molecule has 1 amide bonds. The number of pyridine rings is 1. The van der Waals surface area contributed by atoms with E-state index in [1.807, 2.05) is 13.0 Å². The molecular weight excluding hydrogens is 274 g/mol. The second-order valence-electron chi connectivity index (χ2n) is 4.17. The van der Waals surface area contributed by atoms with Gasteiger partial charge in [0.25, 0.3) is 5.91 Å². The smallest absolute Gasteiger partial charge is 0.255 e. The number of hydrogen-bond acceptors (Lipinski definition) is 3. The average molecular weight is 286 g/mol. The van der Waals surface area contributed by atoms with Crippen LogP contribution in [0.25, 0.3) is 0 Å². The van der Waals surface area contributed by atoms with Crippen molar-refractivity contribution in [3.63, 3.8) is 0 Å². The molecule has 0 unspecified atom stereocenters. The first-order valence-electron chi connectivity index (χ1n) is 6.10. The van der Waals surface area contributed by atoms with Crippen molar-refractivity contribution in [3.05, 3.63) is 58.4 Å². The third-order valence-corrected chi connectivity index (χ3v) is 2.91. The van der Waals surface area contributed by atoms with Crippen molar-refractivity contribution >= 4 is 23.2 Å². The summed E-state index contributed by atoms with van der Waals surface area (Å²) >= 11 is 5.89. The fourth-order valence-electron chi connectivity index (χ4n) is 1.73. The zero-order chi connectivity index (χ0) is 14.5. The number of anilines is 1. The van der Waals surface area contributed by atoms with Crippen molar-refractivity contribution in [1.29, 1.82) is 5.26 Å². The van der Waals surface area contributed by atoms with Gasteiger partial charge in [-0.3, -0.25) is 4.79 Å². The Labute approximate surface area is 122 Å². The minimum atomic E-state index is -0.279. The molecule has 0 spiro atoms. The van der Waals surface area contributed by atoms with E-state index in [1.165, 1.54) is 6.07 Å². The van der Waals surface area contributed by atoms with Crippen molar-refractivity contribution in [1.82, 2.24) is 4.98 Å². The van der Waals surface area contributed by atoms with Gasteiger partial charge in [-0.2, -0.15) is 5.26 Å². The number of nitrogens with zero attached hydrogens (tertiary/aromatic N) is 2. The highest BCUT2D eigenvalue weighted by atomic mass is 35.5. The van der Waals surface area contributed by atoms with Crippen molar-refractivity contribution in [2.24, 2.45) is 0 Å². The predicted octanol–water partition coefficient (Wildman–Crippen LogP) is 3.42. The van der Waals surface area contributed by atoms with Gasteiger partial charge in [0, 0.05) is 16.9 Å². The van der Waals surface area contributed by atoms with Gasteiger partial charge in [0.2, 0.25) is 0 Å². The van der Waals surface area contributed by atoms with Crippen LogP contribution in [0.3, 0.4) is 0 Å². The van der Waals surface area contributed by atoms with Crippen LogP contribution in [0.2, 0.25) is 5.15 Å². The first-order valence-corrected chi connectivity index (χ1v) is 6.48. The Morgan fingerprint density at radius 2 is 2.20 bits per heavy atom. The molecule has 1 N–H and O–H groups in total. The van der Waals surface area contributed by atoms with Crippen molar-refractivity contribution in [3.8, 4) is 6.07 Å². The number of benzene rings is 1. The van der Waals surface area contributed by atoms with Crippen LogP contribution < -0.4 is 5.32 Å². The maximum atomic E-state index is 12.2. The summed E-state index contributed by atoms with van der Waals surface area (Å²) < 4.78 is 0. The van der Waals surface area contributed by atoms with Gasteiger partial charge in [0.1, 0.15) is 5.15 Å². The number of halogens is 1. The number of nitrogens with one attached hydrogen (secondary N) is 1. The monoisotopic (exact) mass is 285 g/mol. The lowest BCUT2D eigenvalue weighted by Crippen LogP contribution is -2.12. The largest absolute Gasteiger partial charge is 0.322 e. The number of amides is 1. The number of hydrogen-bond donors (Lipinski definition) is 1. The van der Waals surface area contributed by atoms with E-state index < -0.39 is 0 Å². The average Bonchev–Trinajstić information content (AvgIpc) is 2.46. The Morgan fingerprint density at radius 3 is 2.90 bits per heavy atom. The normalized spacial score (nSPS) is 9.85. The molecular formula is C15H12ClN3O. The molecule has 0 bridgehead atoms. The number of aryl methyl sites for hydroxylation is 1. The Morgan fingerprint density at radius 1 is 1.40 bits per heavy atom. The number of aromatic nitrogens is 1. The van der Waals surface area contributed by atoms with E-state index in [0.29, 0.717) is 28.4 Å². The second-order valence-corrected chi connectivity index (χ2v) is 4.56. The Hall–Kier alpha value is -2.38. The summed E-state index contributed by atoms with van der Waals surface area (Å²) in [6, 6.07) is 12.0. The van der Waals surface area contributed by atoms with Gasteiger partial charge in [-0.05, 0) is 36.8 Å². The molecule has 1 heterocycles. The molecule has 4 nitrogen and oxygen atoms in total. The molecule has 100 valence electrons. The lowest BCUT2D eigenvalue weighted by Gasteiger charge is -2.07. The molecule has 0 saturated heterocycles. The SMILES string of the molecule is CCc1cc(C(=O)Nc2cccc(C#N)c2)cc(Cl)n1. The predicted molar refractivity (Wildman–Crippen MR) is 77.7 cm³/mol. The molecule has 0 aliphatic rings. The van der Waals surface area contributed by atoms with Gasteiger partial charge in [-0.25, -0.2) is 4.98 Å². The molecule has 1 aromatic heterocycles. The molecule has 2 rings (SSSR count). The van der Waals surface area contributed by atoms with E-state index in [0.717, 1.165) is 5.69 Å². The van der Waals surface area contributed by atoms with Crippen LogP contribution in [-0.4, -0.2) is 10.9 Å². The molecule has 0 aliphatic carbocycles. The number of nitriles is 1. The lowest BCUT2D eigenvalue weighted by molar-refractivity contribution is 0.102. The van der Waals surface area contributed by atoms with E-state index in [4.69, 9.17) is 16.9 Å². The van der Waals surface area contributed by atoms with Gasteiger partial charge < -0.3 is 5.32 Å². The Balaban J connectivity index is 2.23. The molecule has 0 atom stereocenters. The summed E-state index contributed by atoms with van der Waals surface area (Å²) in [5.74, 6) is -0.279. The number of carbonyl (C=O) groups excluding carboxylic acids is 1. The molecule has 0 radical (unpaired) electrons. The third-order valence-electron chi connectivity index (χ3n) is 2.72. The molecule has 0 saturated carbocycles. The molecule has 20 heavy (non-hydrogen) atoms. The third kappa shape index (κ3) is 3.34. The van der Waals surface area contributed by atoms with Gasteiger partial charge in [0.15, 0.2) is 0 Å². The first kappa shape index (κ1) is 14.0. The van der Waals surface area contributed by atoms with Crippen molar-refractivity contribution < 1.29 is 4.79 Å². The summed E-state index contributed by atoms with van der Waals surface area (Å²) in [5.41, 5.74) is 2.27. The quantitative estimate of drug-likeness (QED) is 0.879.